The Morgan fingerprint density at radius 1 is 1.61 bits per heavy atom. The van der Waals surface area contributed by atoms with Gasteiger partial charge in [0.05, 0.1) is 10.2 Å². The van der Waals surface area contributed by atoms with E-state index in [-0.39, 0.29) is 5.91 Å². The maximum atomic E-state index is 11.2. The molecule has 1 amide bonds. The van der Waals surface area contributed by atoms with Crippen molar-refractivity contribution in [3.05, 3.63) is 40.2 Å². The maximum absolute atomic E-state index is 11.2. The second-order valence-corrected chi connectivity index (χ2v) is 5.35. The zero-order valence-corrected chi connectivity index (χ0v) is 11.8. The Labute approximate surface area is 114 Å². The van der Waals surface area contributed by atoms with Gasteiger partial charge in [0.2, 0.25) is 5.91 Å². The molecule has 0 bridgehead atoms. The lowest BCUT2D eigenvalue weighted by Crippen LogP contribution is -2.15. The van der Waals surface area contributed by atoms with Crippen LogP contribution in [0.25, 0.3) is 10.2 Å². The molecule has 1 aromatic heterocycles. The summed E-state index contributed by atoms with van der Waals surface area (Å²) in [5.41, 5.74) is 2.02. The molecule has 0 aliphatic carbocycles. The van der Waals surface area contributed by atoms with Crippen LogP contribution in [-0.2, 0) is 11.3 Å². The number of fused-ring (bicyclic) bond motifs is 1. The molecule has 0 aliphatic heterocycles. The van der Waals surface area contributed by atoms with Gasteiger partial charge in [-0.25, -0.2) is 0 Å². The number of carbonyl (C=O) groups is 1. The van der Waals surface area contributed by atoms with Gasteiger partial charge in [0.25, 0.3) is 0 Å². The topological polar surface area (TPSA) is 34.4 Å². The van der Waals surface area contributed by atoms with Gasteiger partial charge in [0.1, 0.15) is 0 Å². The van der Waals surface area contributed by atoms with E-state index >= 15 is 0 Å². The number of aromatic nitrogens is 1. The minimum Gasteiger partial charge on any atom is -0.312 e. The molecule has 5 heteroatoms. The zero-order chi connectivity index (χ0) is 13.3. The van der Waals surface area contributed by atoms with E-state index in [4.69, 9.17) is 11.6 Å². The predicted molar refractivity (Wildman–Crippen MR) is 76.0 cm³/mol. The number of benzene rings is 1. The second kappa shape index (κ2) is 5.08. The molecule has 0 fully saturated rings. The first kappa shape index (κ1) is 13.1. The van der Waals surface area contributed by atoms with E-state index in [1.165, 1.54) is 18.3 Å². The van der Waals surface area contributed by atoms with Gasteiger partial charge in [-0.1, -0.05) is 29.0 Å². The van der Waals surface area contributed by atoms with Crippen LogP contribution < -0.4 is 4.80 Å². The Hall–Kier alpha value is -1.39. The average Bonchev–Trinajstić information content (AvgIpc) is 2.63. The number of rotatable bonds is 2. The first-order valence-electron chi connectivity index (χ1n) is 5.49. The van der Waals surface area contributed by atoms with Gasteiger partial charge >= 0.3 is 0 Å². The SMILES string of the molecule is C=CCn1c(=NC(C)=O)sc2ccc(Cl)c(C)c21. The van der Waals surface area contributed by atoms with E-state index in [1.807, 2.05) is 23.6 Å². The Morgan fingerprint density at radius 3 is 2.94 bits per heavy atom. The van der Waals surface area contributed by atoms with Crippen LogP contribution in [0.15, 0.2) is 29.8 Å². The van der Waals surface area contributed by atoms with Crippen molar-refractivity contribution < 1.29 is 4.79 Å². The molecule has 0 spiro atoms. The monoisotopic (exact) mass is 280 g/mol. The number of amides is 1. The summed E-state index contributed by atoms with van der Waals surface area (Å²) in [7, 11) is 0. The summed E-state index contributed by atoms with van der Waals surface area (Å²) < 4.78 is 3.04. The average molecular weight is 281 g/mol. The number of halogens is 1. The largest absolute Gasteiger partial charge is 0.312 e. The quantitative estimate of drug-likeness (QED) is 0.777. The molecule has 0 aliphatic rings. The predicted octanol–water partition coefficient (Wildman–Crippen LogP) is 3.30. The number of thiazole rings is 1. The summed E-state index contributed by atoms with van der Waals surface area (Å²) in [4.78, 5) is 15.9. The summed E-state index contributed by atoms with van der Waals surface area (Å²) in [6.45, 7) is 7.76. The van der Waals surface area contributed by atoms with Crippen LogP contribution >= 0.6 is 22.9 Å². The van der Waals surface area contributed by atoms with Crippen LogP contribution in [-0.4, -0.2) is 10.5 Å². The molecule has 0 atom stereocenters. The highest BCUT2D eigenvalue weighted by molar-refractivity contribution is 7.16. The van der Waals surface area contributed by atoms with Gasteiger partial charge in [-0.3, -0.25) is 4.79 Å². The minimum absolute atomic E-state index is 0.205. The minimum atomic E-state index is -0.205. The van der Waals surface area contributed by atoms with Crippen molar-refractivity contribution in [2.45, 2.75) is 20.4 Å². The first-order chi connectivity index (χ1) is 8.54. The summed E-state index contributed by atoms with van der Waals surface area (Å²) in [5, 5.41) is 0.715. The molecule has 94 valence electrons. The van der Waals surface area contributed by atoms with E-state index in [0.717, 1.165) is 15.8 Å². The third-order valence-corrected chi connectivity index (χ3v) is 4.05. The van der Waals surface area contributed by atoms with Crippen molar-refractivity contribution in [3.8, 4) is 0 Å². The number of nitrogens with zero attached hydrogens (tertiary/aromatic N) is 2. The van der Waals surface area contributed by atoms with Crippen molar-refractivity contribution in [2.75, 3.05) is 0 Å². The smallest absolute Gasteiger partial charge is 0.245 e. The molecule has 2 rings (SSSR count). The molecule has 2 aromatic rings. The van der Waals surface area contributed by atoms with E-state index < -0.39 is 0 Å². The molecular formula is C13H13ClN2OS. The fourth-order valence-corrected chi connectivity index (χ4v) is 3.13. The zero-order valence-electron chi connectivity index (χ0n) is 10.2. The van der Waals surface area contributed by atoms with Crippen LogP contribution in [0.1, 0.15) is 12.5 Å². The summed E-state index contributed by atoms with van der Waals surface area (Å²) in [6, 6.07) is 3.82. The molecule has 0 N–H and O–H groups in total. The molecule has 1 heterocycles. The Bertz CT molecular complexity index is 697. The Kier molecular flexibility index (Phi) is 3.68. The summed E-state index contributed by atoms with van der Waals surface area (Å²) in [5.74, 6) is -0.205. The van der Waals surface area contributed by atoms with E-state index in [2.05, 4.69) is 11.6 Å². The normalized spacial score (nSPS) is 12.1. The lowest BCUT2D eigenvalue weighted by atomic mass is 10.2. The lowest BCUT2D eigenvalue weighted by molar-refractivity contribution is -0.116. The molecule has 3 nitrogen and oxygen atoms in total. The van der Waals surface area contributed by atoms with Gasteiger partial charge in [-0.15, -0.1) is 6.58 Å². The van der Waals surface area contributed by atoms with Crippen molar-refractivity contribution in [1.29, 1.82) is 0 Å². The molecule has 0 saturated carbocycles. The third-order valence-electron chi connectivity index (χ3n) is 2.59. The van der Waals surface area contributed by atoms with Gasteiger partial charge in [0, 0.05) is 18.5 Å². The van der Waals surface area contributed by atoms with Crippen LogP contribution in [0.2, 0.25) is 5.02 Å². The molecule has 0 saturated heterocycles. The van der Waals surface area contributed by atoms with Gasteiger partial charge in [-0.2, -0.15) is 4.99 Å². The molecular weight excluding hydrogens is 268 g/mol. The standard InChI is InChI=1S/C13H13ClN2OS/c1-4-7-16-12-8(2)10(14)5-6-11(12)18-13(16)15-9(3)17/h4-6H,1,7H2,2-3H3. The van der Waals surface area contributed by atoms with Crippen LogP contribution in [0.5, 0.6) is 0 Å². The molecule has 18 heavy (non-hydrogen) atoms. The lowest BCUT2D eigenvalue weighted by Gasteiger charge is -2.05. The van der Waals surface area contributed by atoms with Crippen LogP contribution in [0, 0.1) is 6.92 Å². The highest BCUT2D eigenvalue weighted by Gasteiger charge is 2.10. The van der Waals surface area contributed by atoms with Gasteiger partial charge in [0.15, 0.2) is 4.80 Å². The maximum Gasteiger partial charge on any atom is 0.245 e. The van der Waals surface area contributed by atoms with Gasteiger partial charge in [-0.05, 0) is 24.6 Å². The Morgan fingerprint density at radius 2 is 2.33 bits per heavy atom. The van der Waals surface area contributed by atoms with Crippen molar-refractivity contribution >= 4 is 39.1 Å². The number of allylic oxidation sites excluding steroid dienone is 1. The fraction of sp³-hybridized carbons (Fsp3) is 0.231. The third kappa shape index (κ3) is 2.26. The second-order valence-electron chi connectivity index (χ2n) is 3.93. The number of aryl methyl sites for hydroxylation is 1. The van der Waals surface area contributed by atoms with Crippen LogP contribution in [0.3, 0.4) is 0 Å². The first-order valence-corrected chi connectivity index (χ1v) is 6.68. The van der Waals surface area contributed by atoms with E-state index in [1.54, 1.807) is 6.08 Å². The number of hydrogen-bond acceptors (Lipinski definition) is 2. The van der Waals surface area contributed by atoms with Crippen molar-refractivity contribution in [1.82, 2.24) is 4.57 Å². The van der Waals surface area contributed by atoms with Gasteiger partial charge < -0.3 is 4.57 Å². The number of hydrogen-bond donors (Lipinski definition) is 0. The van der Waals surface area contributed by atoms with E-state index in [0.29, 0.717) is 16.4 Å². The van der Waals surface area contributed by atoms with Crippen molar-refractivity contribution in [3.63, 3.8) is 0 Å². The summed E-state index contributed by atoms with van der Waals surface area (Å²) in [6.07, 6.45) is 1.78. The number of carbonyl (C=O) groups excluding carboxylic acids is 1. The van der Waals surface area contributed by atoms with Crippen LogP contribution in [0.4, 0.5) is 0 Å². The highest BCUT2D eigenvalue weighted by atomic mass is 35.5. The summed E-state index contributed by atoms with van der Waals surface area (Å²) >= 11 is 7.63. The van der Waals surface area contributed by atoms with Crippen molar-refractivity contribution in [2.24, 2.45) is 4.99 Å². The molecule has 0 unspecified atom stereocenters. The molecule has 0 radical (unpaired) electrons. The Balaban J connectivity index is 2.89. The fourth-order valence-electron chi connectivity index (χ4n) is 1.83. The highest BCUT2D eigenvalue weighted by Crippen LogP contribution is 2.27. The van der Waals surface area contributed by atoms with E-state index in [9.17, 15) is 4.79 Å². The molecule has 1 aromatic carbocycles.